The van der Waals surface area contributed by atoms with Crippen LogP contribution in [0.2, 0.25) is 0 Å². The minimum atomic E-state index is -3.64. The third kappa shape index (κ3) is 2.88. The van der Waals surface area contributed by atoms with Crippen LogP contribution in [0.15, 0.2) is 11.2 Å². The van der Waals surface area contributed by atoms with Crippen LogP contribution < -0.4 is 0 Å². The lowest BCUT2D eigenvalue weighted by atomic mass is 10.2. The smallest absolute Gasteiger partial charge is 0.323 e. The molecule has 0 radical (unpaired) electrons. The molecule has 0 aromatic carbocycles. The fourth-order valence-corrected chi connectivity index (χ4v) is 2.29. The first-order valence-electron chi connectivity index (χ1n) is 5.37. The quantitative estimate of drug-likeness (QED) is 0.836. The van der Waals surface area contributed by atoms with Crippen LogP contribution in [0.5, 0.6) is 0 Å². The number of hydrogen-bond donors (Lipinski definition) is 1. The fraction of sp³-hybridized carbons (Fsp3) is 0.600. The summed E-state index contributed by atoms with van der Waals surface area (Å²) in [6, 6.07) is 0. The van der Waals surface area contributed by atoms with E-state index in [1.54, 1.807) is 0 Å². The van der Waals surface area contributed by atoms with Crippen molar-refractivity contribution >= 4 is 16.0 Å². The number of carbonyl (C=O) groups is 1. The molecule has 0 saturated heterocycles. The van der Waals surface area contributed by atoms with Crippen LogP contribution in [0.1, 0.15) is 25.6 Å². The van der Waals surface area contributed by atoms with Gasteiger partial charge in [-0.1, -0.05) is 13.8 Å². The Hall–Kier alpha value is -1.41. The summed E-state index contributed by atoms with van der Waals surface area (Å²) in [4.78, 5) is 14.8. The molecular formula is C10H17N3O4S. The summed E-state index contributed by atoms with van der Waals surface area (Å²) in [5.74, 6) is -0.656. The molecule has 1 rings (SSSR count). The van der Waals surface area contributed by atoms with Crippen LogP contribution in [-0.2, 0) is 21.4 Å². The lowest BCUT2D eigenvalue weighted by molar-refractivity contribution is -0.137. The predicted molar refractivity (Wildman–Crippen MR) is 64.8 cm³/mol. The third-order valence-corrected chi connectivity index (χ3v) is 4.04. The zero-order valence-electron chi connectivity index (χ0n) is 10.8. The summed E-state index contributed by atoms with van der Waals surface area (Å²) in [6.07, 6.45) is 1.26. The highest BCUT2D eigenvalue weighted by molar-refractivity contribution is 7.89. The van der Waals surface area contributed by atoms with Gasteiger partial charge < -0.3 is 9.67 Å². The Labute approximate surface area is 106 Å². The van der Waals surface area contributed by atoms with E-state index in [0.717, 1.165) is 4.31 Å². The average Bonchev–Trinajstić information content (AvgIpc) is 2.60. The molecule has 0 fully saturated rings. The number of aromatic nitrogens is 2. The summed E-state index contributed by atoms with van der Waals surface area (Å²) in [6.45, 7) is 3.35. The molecule has 102 valence electrons. The largest absolute Gasteiger partial charge is 0.480 e. The van der Waals surface area contributed by atoms with Crippen molar-refractivity contribution in [1.82, 2.24) is 13.9 Å². The predicted octanol–water partition coefficient (Wildman–Crippen LogP) is 0.341. The van der Waals surface area contributed by atoms with E-state index < -0.39 is 16.0 Å². The second-order valence-corrected chi connectivity index (χ2v) is 6.50. The highest BCUT2D eigenvalue weighted by Gasteiger charge is 2.24. The Balaban J connectivity index is 3.30. The summed E-state index contributed by atoms with van der Waals surface area (Å²) in [7, 11) is -0.833. The molecule has 0 spiro atoms. The first kappa shape index (κ1) is 14.7. The van der Waals surface area contributed by atoms with Gasteiger partial charge in [-0.3, -0.25) is 4.79 Å². The van der Waals surface area contributed by atoms with Crippen molar-refractivity contribution in [1.29, 1.82) is 0 Å². The summed E-state index contributed by atoms with van der Waals surface area (Å²) >= 11 is 0. The van der Waals surface area contributed by atoms with Crippen molar-refractivity contribution in [2.75, 3.05) is 14.1 Å². The van der Waals surface area contributed by atoms with Gasteiger partial charge in [0.2, 0.25) is 0 Å². The second kappa shape index (κ2) is 5.07. The fourth-order valence-electron chi connectivity index (χ4n) is 1.45. The molecule has 1 heterocycles. The molecule has 7 nitrogen and oxygen atoms in total. The number of nitrogens with zero attached hydrogens (tertiary/aromatic N) is 3. The van der Waals surface area contributed by atoms with Crippen molar-refractivity contribution in [3.05, 3.63) is 12.0 Å². The van der Waals surface area contributed by atoms with Crippen LogP contribution in [0.3, 0.4) is 0 Å². The Morgan fingerprint density at radius 3 is 2.44 bits per heavy atom. The van der Waals surface area contributed by atoms with Crippen molar-refractivity contribution in [3.8, 4) is 0 Å². The number of carboxylic acid groups (broad SMARTS) is 1. The normalized spacial score (nSPS) is 12.3. The Bertz CT molecular complexity index is 545. The summed E-state index contributed by atoms with van der Waals surface area (Å²) in [5, 5.41) is 8.66. The maximum Gasteiger partial charge on any atom is 0.323 e. The zero-order chi connectivity index (χ0) is 14.1. The molecule has 0 aliphatic heterocycles. The van der Waals surface area contributed by atoms with Crippen LogP contribution >= 0.6 is 0 Å². The molecule has 0 aliphatic rings. The van der Waals surface area contributed by atoms with E-state index in [1.165, 1.54) is 24.9 Å². The first-order valence-corrected chi connectivity index (χ1v) is 6.81. The van der Waals surface area contributed by atoms with Crippen LogP contribution in [0, 0.1) is 0 Å². The van der Waals surface area contributed by atoms with Gasteiger partial charge in [0, 0.05) is 26.2 Å². The minimum absolute atomic E-state index is 0.0598. The average molecular weight is 275 g/mol. The Morgan fingerprint density at radius 1 is 1.50 bits per heavy atom. The molecule has 0 bridgehead atoms. The van der Waals surface area contributed by atoms with Crippen LogP contribution in [-0.4, -0.2) is 47.4 Å². The topological polar surface area (TPSA) is 92.5 Å². The van der Waals surface area contributed by atoms with Crippen molar-refractivity contribution < 1.29 is 18.3 Å². The lowest BCUT2D eigenvalue weighted by Crippen LogP contribution is -2.22. The van der Waals surface area contributed by atoms with Gasteiger partial charge in [-0.2, -0.15) is 0 Å². The van der Waals surface area contributed by atoms with E-state index >= 15 is 0 Å². The number of carboxylic acids is 1. The zero-order valence-corrected chi connectivity index (χ0v) is 11.6. The molecule has 0 saturated carbocycles. The van der Waals surface area contributed by atoms with Gasteiger partial charge in [0.15, 0.2) is 5.03 Å². The summed E-state index contributed by atoms with van der Waals surface area (Å²) in [5.41, 5.74) is 0. The Morgan fingerprint density at radius 2 is 2.06 bits per heavy atom. The van der Waals surface area contributed by atoms with Crippen molar-refractivity contribution in [2.45, 2.75) is 31.3 Å². The first-order chi connectivity index (χ1) is 8.16. The van der Waals surface area contributed by atoms with Gasteiger partial charge in [-0.25, -0.2) is 17.7 Å². The van der Waals surface area contributed by atoms with Crippen molar-refractivity contribution in [2.24, 2.45) is 0 Å². The van der Waals surface area contributed by atoms with E-state index in [0.29, 0.717) is 5.82 Å². The minimum Gasteiger partial charge on any atom is -0.480 e. The molecule has 8 heteroatoms. The van der Waals surface area contributed by atoms with Gasteiger partial charge in [-0.05, 0) is 0 Å². The molecule has 0 atom stereocenters. The second-order valence-electron chi connectivity index (χ2n) is 4.40. The Kier molecular flexibility index (Phi) is 4.12. The molecule has 0 unspecified atom stereocenters. The lowest BCUT2D eigenvalue weighted by Gasteiger charge is -2.07. The number of aliphatic carboxylic acids is 1. The number of imidazole rings is 1. The van der Waals surface area contributed by atoms with E-state index in [9.17, 15) is 13.2 Å². The van der Waals surface area contributed by atoms with Gasteiger partial charge in [-0.15, -0.1) is 0 Å². The molecule has 1 N–H and O–H groups in total. The van der Waals surface area contributed by atoms with E-state index in [2.05, 4.69) is 4.98 Å². The van der Waals surface area contributed by atoms with E-state index in [4.69, 9.17) is 5.11 Å². The van der Waals surface area contributed by atoms with E-state index in [1.807, 2.05) is 13.8 Å². The van der Waals surface area contributed by atoms with Crippen molar-refractivity contribution in [3.63, 3.8) is 0 Å². The molecule has 0 amide bonds. The van der Waals surface area contributed by atoms with Crippen LogP contribution in [0.25, 0.3) is 0 Å². The monoisotopic (exact) mass is 275 g/mol. The van der Waals surface area contributed by atoms with Gasteiger partial charge in [0.05, 0.1) is 0 Å². The molecule has 1 aromatic heterocycles. The standard InChI is InChI=1S/C10H17N3O4S/c1-7(2)10-11-8(18(16,17)12(3)4)5-13(10)6-9(14)15/h5,7H,6H2,1-4H3,(H,14,15). The number of hydrogen-bond acceptors (Lipinski definition) is 4. The van der Waals surface area contributed by atoms with Gasteiger partial charge in [0.1, 0.15) is 12.4 Å². The maximum atomic E-state index is 11.9. The van der Waals surface area contributed by atoms with Gasteiger partial charge >= 0.3 is 5.97 Å². The SMILES string of the molecule is CC(C)c1nc(S(=O)(=O)N(C)C)cn1CC(=O)O. The highest BCUT2D eigenvalue weighted by atomic mass is 32.2. The van der Waals surface area contributed by atoms with Gasteiger partial charge in [0.25, 0.3) is 10.0 Å². The van der Waals surface area contributed by atoms with E-state index in [-0.39, 0.29) is 17.5 Å². The highest BCUT2D eigenvalue weighted by Crippen LogP contribution is 2.18. The number of rotatable bonds is 5. The molecule has 1 aromatic rings. The number of sulfonamides is 1. The summed E-state index contributed by atoms with van der Waals surface area (Å²) < 4.78 is 26.2. The molecule has 18 heavy (non-hydrogen) atoms. The third-order valence-electron chi connectivity index (χ3n) is 2.35. The molecular weight excluding hydrogens is 258 g/mol. The maximum absolute atomic E-state index is 11.9. The molecule has 0 aliphatic carbocycles. The van der Waals surface area contributed by atoms with Crippen LogP contribution in [0.4, 0.5) is 0 Å².